The Labute approximate surface area is 153 Å². The van der Waals surface area contributed by atoms with Crippen molar-refractivity contribution in [1.29, 1.82) is 0 Å². The zero-order valence-electron chi connectivity index (χ0n) is 16.0. The van der Waals surface area contributed by atoms with E-state index in [2.05, 4.69) is 50.2 Å². The Morgan fingerprint density at radius 2 is 1.00 bits per heavy atom. The van der Waals surface area contributed by atoms with Crippen LogP contribution in [-0.2, 0) is 32.1 Å². The van der Waals surface area contributed by atoms with Crippen molar-refractivity contribution in [3.63, 3.8) is 0 Å². The molecule has 4 N–H and O–H groups in total. The van der Waals surface area contributed by atoms with Gasteiger partial charge in [-0.25, -0.2) is 0 Å². The van der Waals surface area contributed by atoms with Crippen molar-refractivity contribution in [3.05, 3.63) is 69.8 Å². The quantitative estimate of drug-likeness (QED) is 0.682. The van der Waals surface area contributed by atoms with Gasteiger partial charge in [0.05, 0.1) is 0 Å². The number of rotatable bonds is 10. The molecule has 0 fully saturated rings. The predicted octanol–water partition coefficient (Wildman–Crippen LogP) is 4.18. The fourth-order valence-electron chi connectivity index (χ4n) is 3.83. The molecule has 0 saturated heterocycles. The first kappa shape index (κ1) is 19.7. The summed E-state index contributed by atoms with van der Waals surface area (Å²) in [6, 6.07) is 13.5. The fourth-order valence-corrected chi connectivity index (χ4v) is 3.83. The molecule has 2 heteroatoms. The van der Waals surface area contributed by atoms with Crippen LogP contribution in [-0.4, -0.2) is 13.1 Å². The second kappa shape index (κ2) is 10.4. The summed E-state index contributed by atoms with van der Waals surface area (Å²) in [5, 5.41) is 0. The predicted molar refractivity (Wildman–Crippen MR) is 109 cm³/mol. The minimum atomic E-state index is 0.716. The zero-order valence-corrected chi connectivity index (χ0v) is 16.0. The zero-order chi connectivity index (χ0) is 18.1. The molecule has 2 nitrogen and oxygen atoms in total. The molecule has 0 spiro atoms. The lowest BCUT2D eigenvalue weighted by molar-refractivity contribution is 0.848. The summed E-state index contributed by atoms with van der Waals surface area (Å²) in [4.78, 5) is 0. The van der Waals surface area contributed by atoms with Crippen LogP contribution in [0.5, 0.6) is 0 Å². The first-order valence-corrected chi connectivity index (χ1v) is 9.84. The van der Waals surface area contributed by atoms with Crippen LogP contribution < -0.4 is 11.5 Å². The average Bonchev–Trinajstić information content (AvgIpc) is 2.61. The molecule has 0 atom stereocenters. The number of hydrogen-bond acceptors (Lipinski definition) is 2. The molecule has 0 bridgehead atoms. The maximum absolute atomic E-state index is 5.83. The highest BCUT2D eigenvalue weighted by Crippen LogP contribution is 2.25. The molecule has 2 aromatic rings. The molecular formula is C23H34N2. The van der Waals surface area contributed by atoms with E-state index in [4.69, 9.17) is 11.5 Å². The Balaban J connectivity index is 2.42. The van der Waals surface area contributed by atoms with E-state index >= 15 is 0 Å². The summed E-state index contributed by atoms with van der Waals surface area (Å²) in [6.07, 6.45) is 7.57. The van der Waals surface area contributed by atoms with Crippen LogP contribution in [0.15, 0.2) is 36.4 Å². The Morgan fingerprint density at radius 3 is 1.36 bits per heavy atom. The maximum Gasteiger partial charge on any atom is -0.00201 e. The van der Waals surface area contributed by atoms with Gasteiger partial charge in [0.1, 0.15) is 0 Å². The van der Waals surface area contributed by atoms with Gasteiger partial charge in [0.15, 0.2) is 0 Å². The second-order valence-corrected chi connectivity index (χ2v) is 6.86. The van der Waals surface area contributed by atoms with Crippen molar-refractivity contribution in [2.75, 3.05) is 13.1 Å². The van der Waals surface area contributed by atoms with Crippen LogP contribution in [0.1, 0.15) is 60.1 Å². The van der Waals surface area contributed by atoms with Crippen molar-refractivity contribution in [1.82, 2.24) is 0 Å². The van der Waals surface area contributed by atoms with Gasteiger partial charge in [0.25, 0.3) is 0 Å². The maximum atomic E-state index is 5.83. The van der Waals surface area contributed by atoms with Gasteiger partial charge in [0, 0.05) is 0 Å². The molecule has 0 radical (unpaired) electrons. The highest BCUT2D eigenvalue weighted by Gasteiger charge is 2.12. The standard InChI is InChI=1S/C23H34N2/c1-3-7-22-18(13-15-24)9-5-11-20(22)17-21-12-6-10-19(14-16-25)23(21)8-4-2/h5-6,9-12H,3-4,7-8,13-17,24-25H2,1-2H3. The SMILES string of the molecule is CCCc1c(CCN)cccc1Cc1cccc(CCN)c1CCC. The molecule has 0 aliphatic rings. The van der Waals surface area contributed by atoms with Gasteiger partial charge < -0.3 is 11.5 Å². The Kier molecular flexibility index (Phi) is 8.17. The van der Waals surface area contributed by atoms with Crippen molar-refractivity contribution in [2.24, 2.45) is 11.5 Å². The summed E-state index contributed by atoms with van der Waals surface area (Å²) in [5.74, 6) is 0. The van der Waals surface area contributed by atoms with Crippen LogP contribution in [0, 0.1) is 0 Å². The van der Waals surface area contributed by atoms with Gasteiger partial charge in [0.2, 0.25) is 0 Å². The summed E-state index contributed by atoms with van der Waals surface area (Å²) in [6.45, 7) is 5.95. The van der Waals surface area contributed by atoms with Crippen LogP contribution in [0.3, 0.4) is 0 Å². The topological polar surface area (TPSA) is 52.0 Å². The molecule has 0 saturated carbocycles. The molecule has 0 amide bonds. The molecule has 0 aliphatic heterocycles. The van der Waals surface area contributed by atoms with Crippen molar-refractivity contribution in [3.8, 4) is 0 Å². The number of nitrogens with two attached hydrogens (primary N) is 2. The Bertz CT molecular complexity index is 604. The van der Waals surface area contributed by atoms with Gasteiger partial charge in [-0.2, -0.15) is 0 Å². The van der Waals surface area contributed by atoms with Crippen molar-refractivity contribution < 1.29 is 0 Å². The summed E-state index contributed by atoms with van der Waals surface area (Å²) in [5.41, 5.74) is 20.5. The monoisotopic (exact) mass is 338 g/mol. The van der Waals surface area contributed by atoms with Crippen LogP contribution >= 0.6 is 0 Å². The summed E-state index contributed by atoms with van der Waals surface area (Å²) in [7, 11) is 0. The van der Waals surface area contributed by atoms with E-state index in [1.165, 1.54) is 46.2 Å². The minimum Gasteiger partial charge on any atom is -0.330 e. The third kappa shape index (κ3) is 5.17. The Morgan fingerprint density at radius 1 is 0.600 bits per heavy atom. The van der Waals surface area contributed by atoms with Gasteiger partial charge in [-0.15, -0.1) is 0 Å². The first-order valence-electron chi connectivity index (χ1n) is 9.84. The fraction of sp³-hybridized carbons (Fsp3) is 0.478. The van der Waals surface area contributed by atoms with Crippen molar-refractivity contribution >= 4 is 0 Å². The van der Waals surface area contributed by atoms with Crippen LogP contribution in [0.4, 0.5) is 0 Å². The normalized spacial score (nSPS) is 11.0. The molecule has 0 aromatic heterocycles. The summed E-state index contributed by atoms with van der Waals surface area (Å²) < 4.78 is 0. The highest BCUT2D eigenvalue weighted by atomic mass is 14.5. The summed E-state index contributed by atoms with van der Waals surface area (Å²) >= 11 is 0. The largest absolute Gasteiger partial charge is 0.330 e. The Hall–Kier alpha value is -1.64. The number of hydrogen-bond donors (Lipinski definition) is 2. The lowest BCUT2D eigenvalue weighted by Gasteiger charge is -2.18. The average molecular weight is 339 g/mol. The first-order chi connectivity index (χ1) is 12.2. The highest BCUT2D eigenvalue weighted by molar-refractivity contribution is 5.43. The lowest BCUT2D eigenvalue weighted by Crippen LogP contribution is -2.10. The molecule has 0 aliphatic carbocycles. The van der Waals surface area contributed by atoms with Gasteiger partial charge in [-0.3, -0.25) is 0 Å². The molecule has 136 valence electrons. The molecule has 2 rings (SSSR count). The van der Waals surface area contributed by atoms with Crippen LogP contribution in [0.25, 0.3) is 0 Å². The van der Waals surface area contributed by atoms with Gasteiger partial charge in [-0.05, 0) is 78.6 Å². The van der Waals surface area contributed by atoms with Crippen molar-refractivity contribution in [2.45, 2.75) is 58.8 Å². The number of benzene rings is 2. The second-order valence-electron chi connectivity index (χ2n) is 6.86. The molecule has 0 heterocycles. The lowest BCUT2D eigenvalue weighted by atomic mass is 9.87. The van der Waals surface area contributed by atoms with E-state index in [1.54, 1.807) is 0 Å². The van der Waals surface area contributed by atoms with E-state index in [1.807, 2.05) is 0 Å². The van der Waals surface area contributed by atoms with E-state index in [0.29, 0.717) is 13.1 Å². The van der Waals surface area contributed by atoms with E-state index in [0.717, 1.165) is 32.1 Å². The van der Waals surface area contributed by atoms with E-state index in [9.17, 15) is 0 Å². The molecule has 0 unspecified atom stereocenters. The van der Waals surface area contributed by atoms with E-state index in [-0.39, 0.29) is 0 Å². The van der Waals surface area contributed by atoms with E-state index < -0.39 is 0 Å². The minimum absolute atomic E-state index is 0.716. The molecule has 2 aromatic carbocycles. The third-order valence-electron chi connectivity index (χ3n) is 4.95. The smallest absolute Gasteiger partial charge is 0.00201 e. The third-order valence-corrected chi connectivity index (χ3v) is 4.95. The van der Waals surface area contributed by atoms with Gasteiger partial charge in [-0.1, -0.05) is 63.1 Å². The van der Waals surface area contributed by atoms with Crippen LogP contribution in [0.2, 0.25) is 0 Å². The molecule has 25 heavy (non-hydrogen) atoms. The molecular weight excluding hydrogens is 304 g/mol. The van der Waals surface area contributed by atoms with Gasteiger partial charge >= 0.3 is 0 Å².